The van der Waals surface area contributed by atoms with Crippen molar-refractivity contribution in [3.8, 4) is 17.6 Å². The number of allylic oxidation sites excluding steroid dienone is 1. The molecule has 0 saturated carbocycles. The summed E-state index contributed by atoms with van der Waals surface area (Å²) in [4.78, 5) is 20.8. The van der Waals surface area contributed by atoms with Gasteiger partial charge in [-0.1, -0.05) is 0 Å². The molecule has 1 N–H and O–H groups in total. The summed E-state index contributed by atoms with van der Waals surface area (Å²) in [5, 5.41) is 12.1. The lowest BCUT2D eigenvalue weighted by Crippen LogP contribution is -2.09. The number of halogens is 1. The molecule has 146 valence electrons. The molecule has 28 heavy (non-hydrogen) atoms. The largest absolute Gasteiger partial charge is 0.496 e. The van der Waals surface area contributed by atoms with Gasteiger partial charge in [0, 0.05) is 25.3 Å². The maximum absolute atomic E-state index is 13.8. The quantitative estimate of drug-likeness (QED) is 0.383. The molecule has 1 aromatic heterocycles. The highest BCUT2D eigenvalue weighted by Gasteiger charge is 2.20. The van der Waals surface area contributed by atoms with Crippen molar-refractivity contribution in [2.45, 2.75) is 0 Å². The summed E-state index contributed by atoms with van der Waals surface area (Å²) in [6.45, 7) is -0.162. The number of hydrogen-bond acceptors (Lipinski definition) is 9. The van der Waals surface area contributed by atoms with E-state index in [0.717, 1.165) is 12.1 Å². The minimum atomic E-state index is -0.612. The van der Waals surface area contributed by atoms with E-state index in [-0.39, 0.29) is 29.5 Å². The number of ether oxygens (including phenoxy) is 3. The molecular formula is C18H17FN4O4S. The zero-order valence-corrected chi connectivity index (χ0v) is 16.2. The molecule has 0 aliphatic heterocycles. The second kappa shape index (κ2) is 10.2. The highest BCUT2D eigenvalue weighted by molar-refractivity contribution is 8.02. The molecule has 8 nitrogen and oxygen atoms in total. The lowest BCUT2D eigenvalue weighted by atomic mass is 10.1. The summed E-state index contributed by atoms with van der Waals surface area (Å²) >= 11 is 1.25. The molecule has 0 amide bonds. The van der Waals surface area contributed by atoms with Crippen LogP contribution >= 0.6 is 11.8 Å². The Kier molecular flexibility index (Phi) is 7.74. The van der Waals surface area contributed by atoms with Gasteiger partial charge in [0.05, 0.1) is 24.5 Å². The molecule has 1 aromatic carbocycles. The third kappa shape index (κ3) is 5.42. The van der Waals surface area contributed by atoms with Crippen molar-refractivity contribution >= 4 is 23.4 Å². The van der Waals surface area contributed by atoms with Gasteiger partial charge in [-0.3, -0.25) is 4.79 Å². The van der Waals surface area contributed by atoms with E-state index in [1.165, 1.54) is 44.5 Å². The summed E-state index contributed by atoms with van der Waals surface area (Å²) < 4.78 is 29.1. The number of nitrogens with zero attached hydrogens (tertiary/aromatic N) is 3. The topological polar surface area (TPSA) is 106 Å². The Morgan fingerprint density at radius 3 is 2.64 bits per heavy atom. The first kappa shape index (κ1) is 21.1. The zero-order valence-electron chi connectivity index (χ0n) is 15.4. The van der Waals surface area contributed by atoms with Crippen LogP contribution in [0.5, 0.6) is 11.5 Å². The number of carbonyl (C=O) groups excluding carboxylic acids is 1. The van der Waals surface area contributed by atoms with Crippen LogP contribution in [-0.4, -0.2) is 43.0 Å². The molecule has 0 unspecified atom stereocenters. The fourth-order valence-electron chi connectivity index (χ4n) is 2.11. The van der Waals surface area contributed by atoms with E-state index in [9.17, 15) is 9.18 Å². The van der Waals surface area contributed by atoms with Crippen LogP contribution in [0.4, 0.5) is 10.2 Å². The predicted molar refractivity (Wildman–Crippen MR) is 102 cm³/mol. The van der Waals surface area contributed by atoms with Crippen molar-refractivity contribution in [1.82, 2.24) is 9.97 Å². The third-order valence-electron chi connectivity index (χ3n) is 3.33. The van der Waals surface area contributed by atoms with Crippen molar-refractivity contribution in [1.29, 1.82) is 5.26 Å². The number of benzene rings is 1. The number of aromatic nitrogens is 2. The molecule has 0 aliphatic carbocycles. The highest BCUT2D eigenvalue weighted by Crippen LogP contribution is 2.32. The van der Waals surface area contributed by atoms with Crippen molar-refractivity contribution in [2.75, 3.05) is 32.6 Å². The maximum atomic E-state index is 13.8. The van der Waals surface area contributed by atoms with Crippen molar-refractivity contribution in [3.05, 3.63) is 52.7 Å². The molecule has 2 aromatic rings. The van der Waals surface area contributed by atoms with Crippen LogP contribution in [0.15, 0.2) is 35.6 Å². The first-order chi connectivity index (χ1) is 13.5. The van der Waals surface area contributed by atoms with E-state index in [4.69, 9.17) is 19.5 Å². The van der Waals surface area contributed by atoms with Gasteiger partial charge in [0.1, 0.15) is 34.8 Å². The fraction of sp³-hybridized carbons (Fsp3) is 0.222. The van der Waals surface area contributed by atoms with Gasteiger partial charge >= 0.3 is 0 Å². The lowest BCUT2D eigenvalue weighted by Gasteiger charge is -2.14. The second-order valence-electron chi connectivity index (χ2n) is 5.13. The molecule has 1 heterocycles. The standard InChI is InChI=1S/C18H17FN4O4S/c1-25-10-27-15-5-11(19)4-14(26-2)18(15)13(24)6-17(28-3)23-16-9-21-12(7-20)8-22-16/h4-6,8-9H,10H2,1-3H3,(H,22,23). The number of nitriles is 1. The Balaban J connectivity index is 2.35. The molecule has 2 rings (SSSR count). The SMILES string of the molecule is COCOc1cc(F)cc(OC)c1C(=O)C=C(Nc1cnc(C#N)cn1)SC. The Labute approximate surface area is 165 Å². The van der Waals surface area contributed by atoms with Crippen molar-refractivity contribution < 1.29 is 23.4 Å². The Morgan fingerprint density at radius 2 is 2.07 bits per heavy atom. The van der Waals surface area contributed by atoms with E-state index in [2.05, 4.69) is 15.3 Å². The van der Waals surface area contributed by atoms with Gasteiger partial charge in [-0.15, -0.1) is 11.8 Å². The monoisotopic (exact) mass is 404 g/mol. The fourth-order valence-corrected chi connectivity index (χ4v) is 2.54. The summed E-state index contributed by atoms with van der Waals surface area (Å²) in [7, 11) is 2.74. The second-order valence-corrected chi connectivity index (χ2v) is 5.98. The van der Waals surface area contributed by atoms with E-state index >= 15 is 0 Å². The third-order valence-corrected chi connectivity index (χ3v) is 3.99. The number of thioether (sulfide) groups is 1. The molecule has 0 saturated heterocycles. The number of anilines is 1. The van der Waals surface area contributed by atoms with E-state index in [0.29, 0.717) is 10.8 Å². The van der Waals surface area contributed by atoms with E-state index in [1.54, 1.807) is 6.26 Å². The van der Waals surface area contributed by atoms with Gasteiger partial charge in [0.2, 0.25) is 0 Å². The zero-order chi connectivity index (χ0) is 20.5. The maximum Gasteiger partial charge on any atom is 0.195 e. The highest BCUT2D eigenvalue weighted by atomic mass is 32.2. The minimum absolute atomic E-state index is 0.00133. The molecular weight excluding hydrogens is 387 g/mol. The van der Waals surface area contributed by atoms with Gasteiger partial charge in [-0.25, -0.2) is 14.4 Å². The Hall–Kier alpha value is -3.16. The lowest BCUT2D eigenvalue weighted by molar-refractivity contribution is 0.0499. The summed E-state index contributed by atoms with van der Waals surface area (Å²) in [6, 6.07) is 4.05. The molecule has 10 heteroatoms. The van der Waals surface area contributed by atoms with E-state index in [1.807, 2.05) is 6.07 Å². The molecule has 0 aliphatic rings. The average Bonchev–Trinajstić information content (AvgIpc) is 2.71. The van der Waals surface area contributed by atoms with Crippen molar-refractivity contribution in [3.63, 3.8) is 0 Å². The van der Waals surface area contributed by atoms with Crippen LogP contribution in [0.25, 0.3) is 0 Å². The molecule has 0 atom stereocenters. The van der Waals surface area contributed by atoms with Crippen LogP contribution in [0.1, 0.15) is 16.1 Å². The van der Waals surface area contributed by atoms with Gasteiger partial charge in [0.25, 0.3) is 0 Å². The van der Waals surface area contributed by atoms with Crippen LogP contribution in [0.2, 0.25) is 0 Å². The van der Waals surface area contributed by atoms with Crippen LogP contribution in [-0.2, 0) is 4.74 Å². The summed E-state index contributed by atoms with van der Waals surface area (Å²) in [6.07, 6.45) is 5.74. The Morgan fingerprint density at radius 1 is 1.32 bits per heavy atom. The average molecular weight is 404 g/mol. The number of nitrogens with one attached hydrogen (secondary N) is 1. The number of ketones is 1. The number of hydrogen-bond donors (Lipinski definition) is 1. The summed E-state index contributed by atoms with van der Waals surface area (Å²) in [5.41, 5.74) is 0.229. The van der Waals surface area contributed by atoms with Gasteiger partial charge in [0.15, 0.2) is 18.3 Å². The smallest absolute Gasteiger partial charge is 0.195 e. The first-order valence-electron chi connectivity index (χ1n) is 7.80. The molecule has 0 radical (unpaired) electrons. The van der Waals surface area contributed by atoms with Gasteiger partial charge in [-0.2, -0.15) is 5.26 Å². The molecule has 0 spiro atoms. The van der Waals surface area contributed by atoms with Crippen LogP contribution in [0.3, 0.4) is 0 Å². The first-order valence-corrected chi connectivity index (χ1v) is 9.03. The van der Waals surface area contributed by atoms with E-state index < -0.39 is 11.6 Å². The number of carbonyl (C=O) groups is 1. The minimum Gasteiger partial charge on any atom is -0.496 e. The van der Waals surface area contributed by atoms with Gasteiger partial charge < -0.3 is 19.5 Å². The summed E-state index contributed by atoms with van der Waals surface area (Å²) in [5.74, 6) is -0.695. The normalized spacial score (nSPS) is 10.9. The Bertz CT molecular complexity index is 913. The number of methoxy groups -OCH3 is 2. The van der Waals surface area contributed by atoms with Gasteiger partial charge in [-0.05, 0) is 6.26 Å². The molecule has 0 bridgehead atoms. The van der Waals surface area contributed by atoms with Crippen LogP contribution < -0.4 is 14.8 Å². The molecule has 0 fully saturated rings. The predicted octanol–water partition coefficient (Wildman–Crippen LogP) is 2.98. The van der Waals surface area contributed by atoms with Crippen molar-refractivity contribution in [2.24, 2.45) is 0 Å². The number of rotatable bonds is 9. The van der Waals surface area contributed by atoms with Crippen LogP contribution in [0, 0.1) is 17.1 Å².